The van der Waals surface area contributed by atoms with Crippen LogP contribution in [0.4, 0.5) is 0 Å². The second-order valence-corrected chi connectivity index (χ2v) is 11.6. The van der Waals surface area contributed by atoms with Crippen molar-refractivity contribution in [2.75, 3.05) is 7.05 Å². The van der Waals surface area contributed by atoms with E-state index >= 15 is 0 Å². The van der Waals surface area contributed by atoms with E-state index in [0.717, 1.165) is 24.8 Å². The first-order valence-corrected chi connectivity index (χ1v) is 11.7. The minimum atomic E-state index is 0.0500. The van der Waals surface area contributed by atoms with E-state index in [1.165, 1.54) is 37.7 Å². The number of rotatable bonds is 2. The summed E-state index contributed by atoms with van der Waals surface area (Å²) in [5.74, 6) is 1.73. The van der Waals surface area contributed by atoms with Crippen LogP contribution in [0.1, 0.15) is 79.1 Å². The van der Waals surface area contributed by atoms with Gasteiger partial charge in [-0.25, -0.2) is 0 Å². The molecule has 158 valence electrons. The molecule has 7 atom stereocenters. The number of fused-ring (bicyclic) bond motifs is 2. The fourth-order valence-electron chi connectivity index (χ4n) is 9.34. The molecule has 3 heteroatoms. The fourth-order valence-corrected chi connectivity index (χ4v) is 9.34. The van der Waals surface area contributed by atoms with Crippen molar-refractivity contribution in [3.05, 3.63) is 23.8 Å². The molecule has 0 aromatic heterocycles. The van der Waals surface area contributed by atoms with E-state index < -0.39 is 0 Å². The molecule has 1 amide bonds. The first-order valence-electron chi connectivity index (χ1n) is 11.7. The van der Waals surface area contributed by atoms with E-state index in [4.69, 9.17) is 0 Å². The summed E-state index contributed by atoms with van der Waals surface area (Å²) in [4.78, 5) is 26.3. The van der Waals surface area contributed by atoms with Crippen molar-refractivity contribution in [3.8, 4) is 0 Å². The molecule has 0 bridgehead atoms. The summed E-state index contributed by atoms with van der Waals surface area (Å²) in [6, 6.07) is 0.222. The lowest BCUT2D eigenvalue weighted by molar-refractivity contribution is -0.131. The lowest BCUT2D eigenvalue weighted by Crippen LogP contribution is -2.55. The van der Waals surface area contributed by atoms with Crippen LogP contribution in [0.3, 0.4) is 0 Å². The smallest absolute Gasteiger partial charge is 0.219 e. The number of likely N-dealkylation sites (N-methyl/N-ethyl adjacent to an activating group) is 1. The van der Waals surface area contributed by atoms with Crippen LogP contribution in [-0.4, -0.2) is 29.7 Å². The van der Waals surface area contributed by atoms with Crippen molar-refractivity contribution < 1.29 is 9.59 Å². The van der Waals surface area contributed by atoms with Crippen LogP contribution in [0.2, 0.25) is 0 Å². The van der Waals surface area contributed by atoms with Crippen LogP contribution < -0.4 is 0 Å². The molecule has 0 heterocycles. The van der Waals surface area contributed by atoms with Gasteiger partial charge in [-0.3, -0.25) is 9.59 Å². The zero-order valence-corrected chi connectivity index (χ0v) is 18.9. The van der Waals surface area contributed by atoms with Gasteiger partial charge in [-0.2, -0.15) is 0 Å². The average molecular weight is 396 g/mol. The lowest BCUT2D eigenvalue weighted by Gasteiger charge is -2.61. The molecule has 0 aromatic rings. The van der Waals surface area contributed by atoms with Crippen molar-refractivity contribution in [2.24, 2.45) is 33.5 Å². The molecule has 0 N–H and O–H groups in total. The molecule has 0 saturated heterocycles. The highest BCUT2D eigenvalue weighted by Crippen LogP contribution is 2.87. The Kier molecular flexibility index (Phi) is 3.81. The third kappa shape index (κ3) is 2.05. The van der Waals surface area contributed by atoms with Gasteiger partial charge in [0.05, 0.1) is 6.04 Å². The molecule has 5 rings (SSSR count). The van der Waals surface area contributed by atoms with Gasteiger partial charge in [0.2, 0.25) is 5.91 Å². The SMILES string of the molecule is C=C1C(N(C)C(C)=O)CCC23CC24CCC2(C)C(C(C)=O)=CCC2(C)C4CCC13. The van der Waals surface area contributed by atoms with Crippen molar-refractivity contribution >= 4 is 11.7 Å². The summed E-state index contributed by atoms with van der Waals surface area (Å²) in [6.45, 7) is 12.9. The first-order chi connectivity index (χ1) is 13.5. The minimum Gasteiger partial charge on any atom is -0.339 e. The first kappa shape index (κ1) is 19.6. The van der Waals surface area contributed by atoms with Gasteiger partial charge < -0.3 is 4.90 Å². The van der Waals surface area contributed by atoms with Crippen molar-refractivity contribution in [2.45, 2.75) is 85.1 Å². The van der Waals surface area contributed by atoms with Crippen molar-refractivity contribution in [1.82, 2.24) is 4.90 Å². The summed E-state index contributed by atoms with van der Waals surface area (Å²) in [7, 11) is 1.95. The Morgan fingerprint density at radius 2 is 1.79 bits per heavy atom. The van der Waals surface area contributed by atoms with Crippen LogP contribution in [0.15, 0.2) is 23.8 Å². The number of Topliss-reactive ketones (excluding diaryl/α,β-unsaturated/α-hetero) is 1. The normalized spacial score (nSPS) is 49.9. The Bertz CT molecular complexity index is 857. The molecule has 2 spiro atoms. The van der Waals surface area contributed by atoms with Crippen molar-refractivity contribution in [3.63, 3.8) is 0 Å². The predicted molar refractivity (Wildman–Crippen MR) is 115 cm³/mol. The summed E-state index contributed by atoms with van der Waals surface area (Å²) >= 11 is 0. The molecule has 0 radical (unpaired) electrons. The molecular formula is C26H37NO2. The monoisotopic (exact) mass is 395 g/mol. The highest BCUT2D eigenvalue weighted by molar-refractivity contribution is 5.95. The van der Waals surface area contributed by atoms with Gasteiger partial charge in [-0.05, 0) is 91.9 Å². The van der Waals surface area contributed by atoms with E-state index in [9.17, 15) is 9.59 Å². The molecule has 29 heavy (non-hydrogen) atoms. The number of hydrogen-bond acceptors (Lipinski definition) is 2. The Hall–Kier alpha value is -1.38. The average Bonchev–Trinajstić information content (AvgIpc) is 3.23. The highest BCUT2D eigenvalue weighted by Gasteiger charge is 2.80. The molecule has 4 fully saturated rings. The van der Waals surface area contributed by atoms with Crippen LogP contribution >= 0.6 is 0 Å². The maximum absolute atomic E-state index is 12.4. The third-order valence-electron chi connectivity index (χ3n) is 11.1. The van der Waals surface area contributed by atoms with E-state index in [0.29, 0.717) is 22.7 Å². The second-order valence-electron chi connectivity index (χ2n) is 11.6. The van der Waals surface area contributed by atoms with Gasteiger partial charge in [-0.1, -0.05) is 32.1 Å². The Morgan fingerprint density at radius 1 is 1.07 bits per heavy atom. The quantitative estimate of drug-likeness (QED) is 0.594. The molecule has 0 aromatic carbocycles. The van der Waals surface area contributed by atoms with Crippen LogP contribution in [0.25, 0.3) is 0 Å². The van der Waals surface area contributed by atoms with E-state index in [2.05, 4.69) is 26.5 Å². The Labute approximate surface area is 176 Å². The number of carbonyl (C=O) groups is 2. The topological polar surface area (TPSA) is 37.4 Å². The minimum absolute atomic E-state index is 0.0500. The summed E-state index contributed by atoms with van der Waals surface area (Å²) in [6.07, 6.45) is 11.9. The molecule has 0 aliphatic heterocycles. The number of ketones is 1. The molecule has 7 unspecified atom stereocenters. The van der Waals surface area contributed by atoms with Crippen molar-refractivity contribution in [1.29, 1.82) is 0 Å². The Balaban J connectivity index is 1.47. The predicted octanol–water partition coefficient (Wildman–Crippen LogP) is 5.31. The molecule has 3 nitrogen and oxygen atoms in total. The largest absolute Gasteiger partial charge is 0.339 e. The van der Waals surface area contributed by atoms with Crippen LogP contribution in [0.5, 0.6) is 0 Å². The van der Waals surface area contributed by atoms with E-state index in [1.807, 2.05) is 11.9 Å². The number of hydrogen-bond donors (Lipinski definition) is 0. The number of carbonyl (C=O) groups excluding carboxylic acids is 2. The third-order valence-corrected chi connectivity index (χ3v) is 11.1. The molecule has 5 aliphatic rings. The highest BCUT2D eigenvalue weighted by atomic mass is 16.2. The van der Waals surface area contributed by atoms with Gasteiger partial charge in [0.1, 0.15) is 0 Å². The maximum atomic E-state index is 12.4. The van der Waals surface area contributed by atoms with Gasteiger partial charge >= 0.3 is 0 Å². The summed E-state index contributed by atoms with van der Waals surface area (Å²) < 4.78 is 0. The zero-order chi connectivity index (χ0) is 21.0. The lowest BCUT2D eigenvalue weighted by atomic mass is 9.43. The number of allylic oxidation sites excluding steroid dienone is 2. The fraction of sp³-hybridized carbons (Fsp3) is 0.769. The van der Waals surface area contributed by atoms with Gasteiger partial charge in [0, 0.05) is 19.4 Å². The number of nitrogens with zero attached hydrogens (tertiary/aromatic N) is 1. The molecule has 5 aliphatic carbocycles. The maximum Gasteiger partial charge on any atom is 0.219 e. The zero-order valence-electron chi connectivity index (χ0n) is 18.9. The van der Waals surface area contributed by atoms with Crippen LogP contribution in [-0.2, 0) is 9.59 Å². The van der Waals surface area contributed by atoms with Gasteiger partial charge in [0.25, 0.3) is 0 Å². The van der Waals surface area contributed by atoms with E-state index in [-0.39, 0.29) is 28.6 Å². The summed E-state index contributed by atoms with van der Waals surface area (Å²) in [5, 5.41) is 0. The van der Waals surface area contributed by atoms with E-state index in [1.54, 1.807) is 13.8 Å². The molecule has 4 saturated carbocycles. The van der Waals surface area contributed by atoms with Gasteiger partial charge in [0.15, 0.2) is 5.78 Å². The van der Waals surface area contributed by atoms with Crippen LogP contribution in [0, 0.1) is 33.5 Å². The summed E-state index contributed by atoms with van der Waals surface area (Å²) in [5.41, 5.74) is 3.58. The molecular weight excluding hydrogens is 358 g/mol. The second kappa shape index (κ2) is 5.65. The standard InChI is InChI=1S/C26H37NO2/c1-16-19-7-8-22-24(5)11-9-20(17(2)28)23(24,4)13-14-26(22)15-25(19,26)12-10-21(16)27(6)18(3)29/h9,19,21-22H,1,7-8,10-15H2,2-6H3. The Morgan fingerprint density at radius 3 is 2.45 bits per heavy atom. The number of amides is 1. The van der Waals surface area contributed by atoms with Gasteiger partial charge in [-0.15, -0.1) is 0 Å².